The summed E-state index contributed by atoms with van der Waals surface area (Å²) >= 11 is 0. The summed E-state index contributed by atoms with van der Waals surface area (Å²) in [6.45, 7) is 1.29. The van der Waals surface area contributed by atoms with Gasteiger partial charge in [-0.15, -0.1) is 0 Å². The number of hydrogen-bond donors (Lipinski definition) is 3. The van der Waals surface area contributed by atoms with Crippen LogP contribution >= 0.6 is 0 Å². The Morgan fingerprint density at radius 1 is 0.692 bits per heavy atom. The molecule has 2 aliphatic rings. The monoisotopic (exact) mass is 358 g/mol. The summed E-state index contributed by atoms with van der Waals surface area (Å²) < 4.78 is 9.85. The summed E-state index contributed by atoms with van der Waals surface area (Å²) in [5.41, 5.74) is 2.55. The summed E-state index contributed by atoms with van der Waals surface area (Å²) in [7, 11) is 0. The van der Waals surface area contributed by atoms with Crippen LogP contribution in [0.15, 0.2) is 60.7 Å². The quantitative estimate of drug-likeness (QED) is 0.659. The highest BCUT2D eigenvalue weighted by atomic mass is 16.6. The Kier molecular flexibility index (Phi) is 6.77. The second-order valence-electron chi connectivity index (χ2n) is 6.74. The Bertz CT molecular complexity index is 582. The topological polar surface area (TPSA) is 85.8 Å². The van der Waals surface area contributed by atoms with Gasteiger partial charge in [-0.25, -0.2) is 0 Å². The van der Waals surface area contributed by atoms with Crippen LogP contribution in [0.3, 0.4) is 0 Å². The summed E-state index contributed by atoms with van der Waals surface area (Å²) in [6, 6.07) is 20.8. The van der Waals surface area contributed by atoms with Crippen molar-refractivity contribution in [1.82, 2.24) is 0 Å². The lowest BCUT2D eigenvalue weighted by molar-refractivity contribution is -0.0676. The average Bonchev–Trinajstić information content (AvgIpc) is 3.60. The number of rotatable bonds is 7. The second kappa shape index (κ2) is 9.26. The predicted octanol–water partition coefficient (Wildman–Crippen LogP) is 2.00. The number of aliphatic hydroxyl groups is 3. The van der Waals surface area contributed by atoms with Crippen LogP contribution in [0.2, 0.25) is 0 Å². The summed E-state index contributed by atoms with van der Waals surface area (Å²) in [6.07, 6.45) is -2.00. The van der Waals surface area contributed by atoms with E-state index >= 15 is 0 Å². The molecule has 26 heavy (non-hydrogen) atoms. The lowest BCUT2D eigenvalue weighted by Gasteiger charge is -2.21. The van der Waals surface area contributed by atoms with Crippen molar-refractivity contribution in [2.45, 2.75) is 43.4 Å². The molecule has 0 spiro atoms. The first-order valence-electron chi connectivity index (χ1n) is 9.01. The number of benzene rings is 2. The fourth-order valence-electron chi connectivity index (χ4n) is 2.74. The molecule has 5 nitrogen and oxygen atoms in total. The third-order valence-corrected chi connectivity index (χ3v) is 4.48. The molecule has 4 atom stereocenters. The summed E-state index contributed by atoms with van der Waals surface area (Å²) in [5.74, 6) is 0. The van der Waals surface area contributed by atoms with E-state index in [1.807, 2.05) is 12.1 Å². The van der Waals surface area contributed by atoms with Gasteiger partial charge in [0.25, 0.3) is 0 Å². The Balaban J connectivity index is 0.000000152. The number of epoxide rings is 2. The van der Waals surface area contributed by atoms with Gasteiger partial charge in [0.1, 0.15) is 6.10 Å². The normalized spacial score (nSPS) is 24.0. The molecule has 2 aromatic rings. The van der Waals surface area contributed by atoms with E-state index in [4.69, 9.17) is 9.47 Å². The fraction of sp³-hybridized carbons (Fsp3) is 0.429. The number of aliphatic hydroxyl groups excluding tert-OH is 3. The largest absolute Gasteiger partial charge is 0.390 e. The molecule has 0 amide bonds. The minimum absolute atomic E-state index is 0.0593. The Morgan fingerprint density at radius 2 is 1.04 bits per heavy atom. The highest BCUT2D eigenvalue weighted by molar-refractivity contribution is 5.62. The lowest BCUT2D eigenvalue weighted by Crippen LogP contribution is -2.38. The van der Waals surface area contributed by atoms with Crippen LogP contribution in [0.5, 0.6) is 0 Å². The Hall–Kier alpha value is -1.76. The van der Waals surface area contributed by atoms with Gasteiger partial charge >= 0.3 is 0 Å². The highest BCUT2D eigenvalue weighted by Gasteiger charge is 2.35. The maximum atomic E-state index is 9.53. The van der Waals surface area contributed by atoms with Crippen molar-refractivity contribution in [2.24, 2.45) is 0 Å². The molecule has 2 fully saturated rings. The summed E-state index contributed by atoms with van der Waals surface area (Å²) in [4.78, 5) is 0. The van der Waals surface area contributed by atoms with E-state index in [-0.39, 0.29) is 12.2 Å². The molecule has 5 heteroatoms. The molecule has 3 N–H and O–H groups in total. The van der Waals surface area contributed by atoms with E-state index in [1.165, 1.54) is 11.1 Å². The van der Waals surface area contributed by atoms with Crippen LogP contribution in [0.4, 0.5) is 0 Å². The zero-order valence-electron chi connectivity index (χ0n) is 14.6. The number of ether oxygens (including phenoxy) is 2. The van der Waals surface area contributed by atoms with Gasteiger partial charge < -0.3 is 24.8 Å². The zero-order chi connectivity index (χ0) is 18.4. The molecular formula is C21H26O5. The van der Waals surface area contributed by atoms with Gasteiger partial charge in [0.15, 0.2) is 0 Å². The van der Waals surface area contributed by atoms with E-state index in [2.05, 4.69) is 48.5 Å². The van der Waals surface area contributed by atoms with Crippen LogP contribution in [0, 0.1) is 0 Å². The molecule has 0 aromatic heterocycles. The molecule has 0 aliphatic carbocycles. The van der Waals surface area contributed by atoms with Crippen molar-refractivity contribution in [3.63, 3.8) is 0 Å². The highest BCUT2D eigenvalue weighted by Crippen LogP contribution is 2.22. The predicted molar refractivity (Wildman–Crippen MR) is 98.6 cm³/mol. The molecule has 2 heterocycles. The van der Waals surface area contributed by atoms with Crippen LogP contribution in [-0.4, -0.2) is 59.1 Å². The van der Waals surface area contributed by atoms with Crippen molar-refractivity contribution in [1.29, 1.82) is 0 Å². The molecule has 4 rings (SSSR count). The van der Waals surface area contributed by atoms with Gasteiger partial charge in [-0.3, -0.25) is 0 Å². The molecule has 140 valence electrons. The van der Waals surface area contributed by atoms with Crippen molar-refractivity contribution in [3.8, 4) is 11.1 Å². The van der Waals surface area contributed by atoms with Crippen molar-refractivity contribution in [2.75, 3.05) is 13.2 Å². The molecule has 4 unspecified atom stereocenters. The fourth-order valence-corrected chi connectivity index (χ4v) is 2.74. The van der Waals surface area contributed by atoms with Crippen LogP contribution < -0.4 is 0 Å². The van der Waals surface area contributed by atoms with Gasteiger partial charge in [-0.2, -0.15) is 0 Å². The first-order chi connectivity index (χ1) is 12.6. The third kappa shape index (κ3) is 6.20. The molecule has 0 bridgehead atoms. The lowest BCUT2D eigenvalue weighted by atomic mass is 10.0. The average molecular weight is 358 g/mol. The molecule has 2 aromatic carbocycles. The standard InChI is InChI=1S/C12H10.C9H16O5/c1-3-7-11(8-4-1)12-9-5-2-6-10-12;10-7(1-5-3-13-5)9(12)8(11)2-6-4-14-6/h1-10H;5-12H,1-4H2. The smallest absolute Gasteiger partial charge is 0.106 e. The maximum Gasteiger partial charge on any atom is 0.106 e. The van der Waals surface area contributed by atoms with Gasteiger partial charge in [0.05, 0.1) is 37.6 Å². The van der Waals surface area contributed by atoms with Gasteiger partial charge in [0.2, 0.25) is 0 Å². The zero-order valence-corrected chi connectivity index (χ0v) is 14.6. The third-order valence-electron chi connectivity index (χ3n) is 4.48. The van der Waals surface area contributed by atoms with Gasteiger partial charge in [0, 0.05) is 12.8 Å². The van der Waals surface area contributed by atoms with Crippen molar-refractivity contribution >= 4 is 0 Å². The van der Waals surface area contributed by atoms with Gasteiger partial charge in [-0.05, 0) is 11.1 Å². The van der Waals surface area contributed by atoms with Crippen molar-refractivity contribution in [3.05, 3.63) is 60.7 Å². The van der Waals surface area contributed by atoms with Crippen molar-refractivity contribution < 1.29 is 24.8 Å². The maximum absolute atomic E-state index is 9.53. The van der Waals surface area contributed by atoms with E-state index in [0.717, 1.165) is 0 Å². The molecule has 2 aliphatic heterocycles. The first kappa shape index (κ1) is 19.0. The Labute approximate surface area is 153 Å². The van der Waals surface area contributed by atoms with Crippen LogP contribution in [0.1, 0.15) is 12.8 Å². The van der Waals surface area contributed by atoms with E-state index in [0.29, 0.717) is 26.1 Å². The minimum atomic E-state index is -1.09. The Morgan fingerprint density at radius 3 is 1.35 bits per heavy atom. The van der Waals surface area contributed by atoms with E-state index < -0.39 is 18.3 Å². The summed E-state index contributed by atoms with van der Waals surface area (Å²) in [5, 5.41) is 28.5. The molecule has 2 saturated heterocycles. The van der Waals surface area contributed by atoms with Crippen LogP contribution in [0.25, 0.3) is 11.1 Å². The molecule has 0 radical (unpaired) electrons. The number of hydrogen-bond acceptors (Lipinski definition) is 5. The first-order valence-corrected chi connectivity index (χ1v) is 9.01. The SMILES string of the molecule is OC(CC1CO1)C(O)C(O)CC1CO1.c1ccc(-c2ccccc2)cc1. The van der Waals surface area contributed by atoms with Gasteiger partial charge in [-0.1, -0.05) is 60.7 Å². The molecular weight excluding hydrogens is 332 g/mol. The second-order valence-corrected chi connectivity index (χ2v) is 6.74. The van der Waals surface area contributed by atoms with Crippen LogP contribution in [-0.2, 0) is 9.47 Å². The van der Waals surface area contributed by atoms with E-state index in [1.54, 1.807) is 0 Å². The van der Waals surface area contributed by atoms with E-state index in [9.17, 15) is 15.3 Å². The molecule has 0 saturated carbocycles. The minimum Gasteiger partial charge on any atom is -0.390 e.